The van der Waals surface area contributed by atoms with E-state index in [0.29, 0.717) is 5.92 Å². The molecule has 2 atom stereocenters. The number of carbonyl (C=O) groups is 1. The molecule has 5 heteroatoms. The monoisotopic (exact) mass is 383 g/mol. The first-order valence-corrected chi connectivity index (χ1v) is 10.1. The minimum Gasteiger partial charge on any atom is -0.369 e. The molecule has 28 heavy (non-hydrogen) atoms. The third-order valence-corrected chi connectivity index (χ3v) is 5.80. The van der Waals surface area contributed by atoms with E-state index in [-0.39, 0.29) is 17.8 Å². The Morgan fingerprint density at radius 3 is 2.32 bits per heavy atom. The Kier molecular flexibility index (Phi) is 6.68. The number of nitrogens with zero attached hydrogens (tertiary/aromatic N) is 2. The van der Waals surface area contributed by atoms with Gasteiger partial charge in [-0.25, -0.2) is 4.39 Å². The molecule has 0 bridgehead atoms. The number of hydrogen-bond acceptors (Lipinski definition) is 3. The van der Waals surface area contributed by atoms with Crippen molar-refractivity contribution in [3.8, 4) is 0 Å². The van der Waals surface area contributed by atoms with Gasteiger partial charge in [-0.3, -0.25) is 9.69 Å². The van der Waals surface area contributed by atoms with Crippen molar-refractivity contribution in [2.45, 2.75) is 39.2 Å². The zero-order chi connectivity index (χ0) is 20.1. The lowest BCUT2D eigenvalue weighted by molar-refractivity contribution is -0.120. The van der Waals surface area contributed by atoms with Gasteiger partial charge < -0.3 is 10.2 Å². The minimum atomic E-state index is -0.217. The average molecular weight is 384 g/mol. The topological polar surface area (TPSA) is 35.6 Å². The number of rotatable bonds is 6. The van der Waals surface area contributed by atoms with E-state index in [1.807, 2.05) is 37.3 Å². The Morgan fingerprint density at radius 1 is 1.04 bits per heavy atom. The van der Waals surface area contributed by atoms with Crippen LogP contribution in [0.15, 0.2) is 48.5 Å². The quantitative estimate of drug-likeness (QED) is 0.798. The van der Waals surface area contributed by atoms with Crippen molar-refractivity contribution in [1.29, 1.82) is 0 Å². The molecule has 3 rings (SSSR count). The molecular formula is C23H30FN3O. The molecule has 1 heterocycles. The average Bonchev–Trinajstić information content (AvgIpc) is 2.73. The normalized spacial score (nSPS) is 17.2. The second-order valence-electron chi connectivity index (χ2n) is 7.56. The van der Waals surface area contributed by atoms with Gasteiger partial charge in [-0.15, -0.1) is 0 Å². The molecule has 1 amide bonds. The molecule has 1 aliphatic heterocycles. The van der Waals surface area contributed by atoms with E-state index < -0.39 is 0 Å². The fourth-order valence-electron chi connectivity index (χ4n) is 3.68. The summed E-state index contributed by atoms with van der Waals surface area (Å²) in [5.74, 6) is 0.224. The van der Waals surface area contributed by atoms with E-state index in [0.717, 1.165) is 44.0 Å². The molecule has 1 fully saturated rings. The van der Waals surface area contributed by atoms with Crippen LogP contribution in [0, 0.1) is 5.82 Å². The highest BCUT2D eigenvalue weighted by Gasteiger charge is 2.26. The molecule has 0 saturated carbocycles. The summed E-state index contributed by atoms with van der Waals surface area (Å²) in [6.07, 6.45) is 1.04. The fourth-order valence-corrected chi connectivity index (χ4v) is 3.68. The van der Waals surface area contributed by atoms with Gasteiger partial charge in [0, 0.05) is 37.6 Å². The smallest absolute Gasteiger partial charge is 0.241 e. The number of nitrogens with one attached hydrogen (secondary N) is 1. The predicted molar refractivity (Wildman–Crippen MR) is 113 cm³/mol. The van der Waals surface area contributed by atoms with Crippen LogP contribution in [-0.4, -0.2) is 43.0 Å². The summed E-state index contributed by atoms with van der Waals surface area (Å²) in [5.41, 5.74) is 3.13. The Hall–Kier alpha value is -2.40. The van der Waals surface area contributed by atoms with Crippen LogP contribution < -0.4 is 10.2 Å². The molecule has 0 unspecified atom stereocenters. The van der Waals surface area contributed by atoms with Crippen molar-refractivity contribution in [3.05, 3.63) is 59.9 Å². The first-order chi connectivity index (χ1) is 13.5. The number of para-hydroxylation sites is 1. The van der Waals surface area contributed by atoms with Gasteiger partial charge in [-0.05, 0) is 55.2 Å². The fraction of sp³-hybridized carbons (Fsp3) is 0.435. The maximum Gasteiger partial charge on any atom is 0.241 e. The number of benzene rings is 2. The molecule has 1 saturated heterocycles. The molecule has 0 aliphatic carbocycles. The summed E-state index contributed by atoms with van der Waals surface area (Å²) in [6, 6.07) is 14.5. The van der Waals surface area contributed by atoms with Crippen molar-refractivity contribution in [2.24, 2.45) is 0 Å². The van der Waals surface area contributed by atoms with E-state index >= 15 is 0 Å². The zero-order valence-corrected chi connectivity index (χ0v) is 17.0. The largest absolute Gasteiger partial charge is 0.369 e. The lowest BCUT2D eigenvalue weighted by atomic mass is 9.97. The summed E-state index contributed by atoms with van der Waals surface area (Å²) in [5, 5.41) is 3.14. The van der Waals surface area contributed by atoms with Gasteiger partial charge in [0.1, 0.15) is 5.82 Å². The van der Waals surface area contributed by atoms with Gasteiger partial charge in [-0.2, -0.15) is 0 Å². The second-order valence-corrected chi connectivity index (χ2v) is 7.56. The molecule has 0 spiro atoms. The number of halogens is 1. The van der Waals surface area contributed by atoms with Crippen LogP contribution in [-0.2, 0) is 4.79 Å². The van der Waals surface area contributed by atoms with Crippen LogP contribution in [0.1, 0.15) is 38.7 Å². The Balaban J connectivity index is 1.58. The maximum atomic E-state index is 13.1. The Morgan fingerprint density at radius 2 is 1.68 bits per heavy atom. The van der Waals surface area contributed by atoms with E-state index in [9.17, 15) is 9.18 Å². The van der Waals surface area contributed by atoms with Crippen LogP contribution in [0.5, 0.6) is 0 Å². The van der Waals surface area contributed by atoms with Crippen LogP contribution >= 0.6 is 0 Å². The highest BCUT2D eigenvalue weighted by atomic mass is 19.1. The van der Waals surface area contributed by atoms with Crippen LogP contribution in [0.4, 0.5) is 15.8 Å². The van der Waals surface area contributed by atoms with Crippen molar-refractivity contribution in [2.75, 3.05) is 36.4 Å². The number of carbonyl (C=O) groups excluding carboxylic acids is 1. The standard InChI is InChI=1S/C23H30FN3O/c1-4-17(2)21-7-5-6-8-22(21)25-23(28)18(3)26-13-15-27(16-14-26)20-11-9-19(24)10-12-20/h5-12,17-18H,4,13-16H2,1-3H3,(H,25,28)/t17-,18+/m0/s1. The first kappa shape index (κ1) is 20.3. The molecule has 2 aromatic rings. The lowest BCUT2D eigenvalue weighted by Crippen LogP contribution is -2.52. The molecule has 0 aromatic heterocycles. The highest BCUT2D eigenvalue weighted by Crippen LogP contribution is 2.27. The number of piperazine rings is 1. The van der Waals surface area contributed by atoms with Crippen LogP contribution in [0.2, 0.25) is 0 Å². The molecular weight excluding hydrogens is 353 g/mol. The van der Waals surface area contributed by atoms with Crippen molar-refractivity contribution < 1.29 is 9.18 Å². The van der Waals surface area contributed by atoms with E-state index in [1.165, 1.54) is 17.7 Å². The van der Waals surface area contributed by atoms with Gasteiger partial charge in [0.15, 0.2) is 0 Å². The Labute approximate surface area is 167 Å². The summed E-state index contributed by atoms with van der Waals surface area (Å²) in [6.45, 7) is 9.57. The first-order valence-electron chi connectivity index (χ1n) is 10.1. The summed E-state index contributed by atoms with van der Waals surface area (Å²) in [4.78, 5) is 17.3. The third kappa shape index (κ3) is 4.71. The van der Waals surface area contributed by atoms with Crippen LogP contribution in [0.3, 0.4) is 0 Å². The molecule has 1 N–H and O–H groups in total. The Bertz CT molecular complexity index is 785. The zero-order valence-electron chi connectivity index (χ0n) is 17.0. The van der Waals surface area contributed by atoms with Gasteiger partial charge >= 0.3 is 0 Å². The van der Waals surface area contributed by atoms with E-state index in [1.54, 1.807) is 0 Å². The number of anilines is 2. The summed E-state index contributed by atoms with van der Waals surface area (Å²) in [7, 11) is 0. The maximum absolute atomic E-state index is 13.1. The van der Waals surface area contributed by atoms with Gasteiger partial charge in [-0.1, -0.05) is 32.0 Å². The predicted octanol–water partition coefficient (Wildman–Crippen LogP) is 4.49. The van der Waals surface area contributed by atoms with Crippen molar-refractivity contribution in [1.82, 2.24) is 4.90 Å². The van der Waals surface area contributed by atoms with Gasteiger partial charge in [0.25, 0.3) is 0 Å². The molecule has 0 radical (unpaired) electrons. The van der Waals surface area contributed by atoms with E-state index in [2.05, 4.69) is 35.0 Å². The van der Waals surface area contributed by atoms with Gasteiger partial charge in [0.2, 0.25) is 5.91 Å². The lowest BCUT2D eigenvalue weighted by Gasteiger charge is -2.38. The van der Waals surface area contributed by atoms with Gasteiger partial charge in [0.05, 0.1) is 6.04 Å². The molecule has 2 aromatic carbocycles. The highest BCUT2D eigenvalue weighted by molar-refractivity contribution is 5.95. The SMILES string of the molecule is CC[C@H](C)c1ccccc1NC(=O)[C@@H](C)N1CCN(c2ccc(F)cc2)CC1. The minimum absolute atomic E-state index is 0.0333. The van der Waals surface area contributed by atoms with Crippen LogP contribution in [0.25, 0.3) is 0 Å². The number of amides is 1. The number of hydrogen-bond donors (Lipinski definition) is 1. The van der Waals surface area contributed by atoms with Crippen molar-refractivity contribution >= 4 is 17.3 Å². The van der Waals surface area contributed by atoms with E-state index in [4.69, 9.17) is 0 Å². The third-order valence-electron chi connectivity index (χ3n) is 5.80. The second kappa shape index (κ2) is 9.20. The molecule has 150 valence electrons. The molecule has 4 nitrogen and oxygen atoms in total. The molecule has 1 aliphatic rings. The summed E-state index contributed by atoms with van der Waals surface area (Å²) < 4.78 is 13.1. The van der Waals surface area contributed by atoms with Crippen molar-refractivity contribution in [3.63, 3.8) is 0 Å². The summed E-state index contributed by atoms with van der Waals surface area (Å²) >= 11 is 0.